The summed E-state index contributed by atoms with van der Waals surface area (Å²) < 4.78 is 0. The summed E-state index contributed by atoms with van der Waals surface area (Å²) in [5.41, 5.74) is 0.372. The standard InChI is InChI=1S/C13H20N2O2/c1-15(11-5-3-2-4-6-11)12-9-10(13(16)17)7-8-14-12/h7-9,11-12,14H,2-6H2,1H3,(H,16,17). The number of carboxylic acid groups (broad SMARTS) is 1. The molecule has 1 atom stereocenters. The van der Waals surface area contributed by atoms with Gasteiger partial charge >= 0.3 is 5.97 Å². The van der Waals surface area contributed by atoms with E-state index in [-0.39, 0.29) is 6.17 Å². The first-order valence-electron chi connectivity index (χ1n) is 6.28. The smallest absolute Gasteiger partial charge is 0.335 e. The molecule has 0 saturated heterocycles. The van der Waals surface area contributed by atoms with Crippen molar-refractivity contribution in [3.05, 3.63) is 23.9 Å². The van der Waals surface area contributed by atoms with E-state index in [0.29, 0.717) is 11.6 Å². The number of carboxylic acids is 1. The summed E-state index contributed by atoms with van der Waals surface area (Å²) >= 11 is 0. The van der Waals surface area contributed by atoms with E-state index >= 15 is 0 Å². The predicted octanol–water partition coefficient (Wildman–Crippen LogP) is 1.70. The summed E-state index contributed by atoms with van der Waals surface area (Å²) in [5, 5.41) is 12.2. The minimum atomic E-state index is -0.857. The van der Waals surface area contributed by atoms with E-state index in [1.54, 1.807) is 18.4 Å². The van der Waals surface area contributed by atoms with Gasteiger partial charge in [0.25, 0.3) is 0 Å². The van der Waals surface area contributed by atoms with Gasteiger partial charge in [-0.05, 0) is 38.2 Å². The van der Waals surface area contributed by atoms with E-state index in [0.717, 1.165) is 0 Å². The van der Waals surface area contributed by atoms with E-state index in [1.807, 2.05) is 0 Å². The number of carbonyl (C=O) groups is 1. The van der Waals surface area contributed by atoms with Gasteiger partial charge in [0, 0.05) is 6.04 Å². The number of aliphatic carboxylic acids is 1. The zero-order chi connectivity index (χ0) is 12.3. The van der Waals surface area contributed by atoms with Crippen molar-refractivity contribution in [2.45, 2.75) is 44.3 Å². The Bertz CT molecular complexity index is 343. The van der Waals surface area contributed by atoms with Crippen LogP contribution in [0.3, 0.4) is 0 Å². The average Bonchev–Trinajstić information content (AvgIpc) is 2.39. The second-order valence-electron chi connectivity index (χ2n) is 4.83. The Morgan fingerprint density at radius 2 is 2.12 bits per heavy atom. The molecule has 1 aliphatic carbocycles. The molecule has 2 rings (SSSR count). The van der Waals surface area contributed by atoms with Gasteiger partial charge in [0.05, 0.1) is 11.7 Å². The molecule has 0 spiro atoms. The van der Waals surface area contributed by atoms with Gasteiger partial charge in [-0.1, -0.05) is 19.3 Å². The van der Waals surface area contributed by atoms with Crippen molar-refractivity contribution in [1.82, 2.24) is 10.2 Å². The molecule has 17 heavy (non-hydrogen) atoms. The highest BCUT2D eigenvalue weighted by Crippen LogP contribution is 2.23. The van der Waals surface area contributed by atoms with E-state index in [2.05, 4.69) is 17.3 Å². The summed E-state index contributed by atoms with van der Waals surface area (Å²) in [4.78, 5) is 13.2. The minimum absolute atomic E-state index is 0.00852. The third-order valence-electron chi connectivity index (χ3n) is 3.70. The molecule has 4 heteroatoms. The SMILES string of the molecule is CN(C1CCCCC1)C1C=C(C(=O)O)C=CN1. The summed E-state index contributed by atoms with van der Waals surface area (Å²) in [7, 11) is 2.07. The molecule has 1 saturated carbocycles. The first-order chi connectivity index (χ1) is 8.18. The molecule has 0 bridgehead atoms. The highest BCUT2D eigenvalue weighted by molar-refractivity contribution is 5.90. The average molecular weight is 236 g/mol. The van der Waals surface area contributed by atoms with E-state index < -0.39 is 5.97 Å². The highest BCUT2D eigenvalue weighted by atomic mass is 16.4. The predicted molar refractivity (Wildman–Crippen MR) is 66.4 cm³/mol. The molecular weight excluding hydrogens is 216 g/mol. The van der Waals surface area contributed by atoms with Crippen molar-refractivity contribution in [2.24, 2.45) is 0 Å². The Labute approximate surface area is 102 Å². The molecule has 0 aromatic heterocycles. The van der Waals surface area contributed by atoms with Gasteiger partial charge in [-0.2, -0.15) is 0 Å². The van der Waals surface area contributed by atoms with Crippen LogP contribution in [-0.4, -0.2) is 35.2 Å². The fourth-order valence-corrected chi connectivity index (χ4v) is 2.60. The Morgan fingerprint density at radius 3 is 2.76 bits per heavy atom. The number of nitrogens with one attached hydrogen (secondary N) is 1. The Morgan fingerprint density at radius 1 is 1.41 bits per heavy atom. The van der Waals surface area contributed by atoms with Gasteiger partial charge in [-0.15, -0.1) is 0 Å². The van der Waals surface area contributed by atoms with E-state index in [9.17, 15) is 4.79 Å². The molecule has 2 aliphatic rings. The highest BCUT2D eigenvalue weighted by Gasteiger charge is 2.24. The van der Waals surface area contributed by atoms with Gasteiger partial charge in [-0.3, -0.25) is 4.90 Å². The van der Waals surface area contributed by atoms with Crippen LogP contribution in [0.5, 0.6) is 0 Å². The summed E-state index contributed by atoms with van der Waals surface area (Å²) in [6.45, 7) is 0. The molecular formula is C13H20N2O2. The molecule has 2 N–H and O–H groups in total. The molecule has 1 heterocycles. The monoisotopic (exact) mass is 236 g/mol. The molecule has 0 aromatic rings. The van der Waals surface area contributed by atoms with Crippen LogP contribution in [0.1, 0.15) is 32.1 Å². The van der Waals surface area contributed by atoms with Crippen molar-refractivity contribution < 1.29 is 9.90 Å². The number of dihydropyridines is 1. The third-order valence-corrected chi connectivity index (χ3v) is 3.70. The molecule has 1 unspecified atom stereocenters. The molecule has 0 aromatic carbocycles. The van der Waals surface area contributed by atoms with Crippen LogP contribution in [0.25, 0.3) is 0 Å². The first kappa shape index (κ1) is 12.2. The molecule has 0 amide bonds. The number of nitrogens with zero attached hydrogens (tertiary/aromatic N) is 1. The van der Waals surface area contributed by atoms with Crippen LogP contribution < -0.4 is 5.32 Å². The van der Waals surface area contributed by atoms with Crippen LogP contribution in [0, 0.1) is 0 Å². The van der Waals surface area contributed by atoms with Gasteiger partial charge in [0.15, 0.2) is 0 Å². The minimum Gasteiger partial charge on any atom is -0.478 e. The largest absolute Gasteiger partial charge is 0.478 e. The second kappa shape index (κ2) is 5.36. The van der Waals surface area contributed by atoms with Crippen molar-refractivity contribution in [2.75, 3.05) is 7.05 Å². The lowest BCUT2D eigenvalue weighted by Gasteiger charge is -2.36. The molecule has 4 nitrogen and oxygen atoms in total. The summed E-state index contributed by atoms with van der Waals surface area (Å²) in [5.74, 6) is -0.857. The maximum Gasteiger partial charge on any atom is 0.335 e. The van der Waals surface area contributed by atoms with Gasteiger partial charge < -0.3 is 10.4 Å². The van der Waals surface area contributed by atoms with Crippen molar-refractivity contribution in [1.29, 1.82) is 0 Å². The maximum absolute atomic E-state index is 10.9. The van der Waals surface area contributed by atoms with Crippen LogP contribution >= 0.6 is 0 Å². The quantitative estimate of drug-likeness (QED) is 0.783. The number of rotatable bonds is 3. The van der Waals surface area contributed by atoms with Crippen LogP contribution in [0.15, 0.2) is 23.9 Å². The first-order valence-corrected chi connectivity index (χ1v) is 6.28. The fourth-order valence-electron chi connectivity index (χ4n) is 2.60. The molecule has 0 radical (unpaired) electrons. The number of hydrogen-bond donors (Lipinski definition) is 2. The van der Waals surface area contributed by atoms with Crippen LogP contribution in [0.4, 0.5) is 0 Å². The second-order valence-corrected chi connectivity index (χ2v) is 4.83. The van der Waals surface area contributed by atoms with Gasteiger partial charge in [0.2, 0.25) is 0 Å². The summed E-state index contributed by atoms with van der Waals surface area (Å²) in [6.07, 6.45) is 11.5. The van der Waals surface area contributed by atoms with Crippen LogP contribution in [-0.2, 0) is 4.79 Å². The topological polar surface area (TPSA) is 52.6 Å². The van der Waals surface area contributed by atoms with Crippen molar-refractivity contribution >= 4 is 5.97 Å². The number of hydrogen-bond acceptors (Lipinski definition) is 3. The summed E-state index contributed by atoms with van der Waals surface area (Å²) in [6, 6.07) is 0.569. The lowest BCUT2D eigenvalue weighted by atomic mass is 9.94. The van der Waals surface area contributed by atoms with E-state index in [1.165, 1.54) is 32.1 Å². The fraction of sp³-hybridized carbons (Fsp3) is 0.615. The van der Waals surface area contributed by atoms with E-state index in [4.69, 9.17) is 5.11 Å². The Kier molecular flexibility index (Phi) is 3.84. The van der Waals surface area contributed by atoms with Gasteiger partial charge in [0.1, 0.15) is 0 Å². The third kappa shape index (κ3) is 2.88. The lowest BCUT2D eigenvalue weighted by molar-refractivity contribution is -0.132. The lowest BCUT2D eigenvalue weighted by Crippen LogP contribution is -2.47. The maximum atomic E-state index is 10.9. The number of likely N-dealkylation sites (N-methyl/N-ethyl adjacent to an activating group) is 1. The van der Waals surface area contributed by atoms with Crippen molar-refractivity contribution in [3.63, 3.8) is 0 Å². The molecule has 1 aliphatic heterocycles. The van der Waals surface area contributed by atoms with Crippen molar-refractivity contribution in [3.8, 4) is 0 Å². The molecule has 94 valence electrons. The zero-order valence-electron chi connectivity index (χ0n) is 10.2. The van der Waals surface area contributed by atoms with Crippen LogP contribution in [0.2, 0.25) is 0 Å². The Hall–Kier alpha value is -1.29. The zero-order valence-corrected chi connectivity index (χ0v) is 10.2. The Balaban J connectivity index is 2.01. The molecule has 1 fully saturated rings. The van der Waals surface area contributed by atoms with Gasteiger partial charge in [-0.25, -0.2) is 4.79 Å². The normalized spacial score (nSPS) is 25.5.